The molecule has 2 rings (SSSR count). The Morgan fingerprint density at radius 2 is 1.82 bits per heavy atom. The maximum absolute atomic E-state index is 3.81. The van der Waals surface area contributed by atoms with Gasteiger partial charge in [0.05, 0.1) is 0 Å². The Kier molecular flexibility index (Phi) is 5.68. The van der Waals surface area contributed by atoms with Gasteiger partial charge in [0.2, 0.25) is 0 Å². The van der Waals surface area contributed by atoms with Gasteiger partial charge in [-0.25, -0.2) is 0 Å². The normalized spacial score (nSPS) is 36.0. The first kappa shape index (κ1) is 13.7. The van der Waals surface area contributed by atoms with E-state index in [1.807, 2.05) is 0 Å². The Hall–Kier alpha value is 0.310. The van der Waals surface area contributed by atoms with E-state index in [1.165, 1.54) is 50.0 Å². The van der Waals surface area contributed by atoms with E-state index in [-0.39, 0.29) is 0 Å². The lowest BCUT2D eigenvalue weighted by molar-refractivity contribution is 0.185. The third kappa shape index (κ3) is 3.64. The molecule has 0 radical (unpaired) electrons. The molecule has 1 heterocycles. The zero-order valence-corrected chi connectivity index (χ0v) is 12.4. The van der Waals surface area contributed by atoms with Crippen LogP contribution in [0.4, 0.5) is 0 Å². The first-order chi connectivity index (χ1) is 8.35. The molecule has 100 valence electrons. The van der Waals surface area contributed by atoms with E-state index in [2.05, 4.69) is 30.9 Å². The highest BCUT2D eigenvalue weighted by atomic mass is 32.2. The Labute approximate surface area is 112 Å². The van der Waals surface area contributed by atoms with Gasteiger partial charge in [0.25, 0.3) is 0 Å². The first-order valence-electron chi connectivity index (χ1n) is 7.66. The van der Waals surface area contributed by atoms with Gasteiger partial charge in [-0.3, -0.25) is 0 Å². The van der Waals surface area contributed by atoms with Gasteiger partial charge in [0, 0.05) is 6.04 Å². The summed E-state index contributed by atoms with van der Waals surface area (Å²) in [7, 11) is 0. The van der Waals surface area contributed by atoms with E-state index in [1.54, 1.807) is 0 Å². The van der Waals surface area contributed by atoms with Gasteiger partial charge in [-0.2, -0.15) is 11.8 Å². The summed E-state index contributed by atoms with van der Waals surface area (Å²) >= 11 is 2.17. The van der Waals surface area contributed by atoms with Crippen molar-refractivity contribution in [2.75, 3.05) is 18.1 Å². The number of thioether (sulfide) groups is 1. The lowest BCUT2D eigenvalue weighted by Crippen LogP contribution is -2.43. The van der Waals surface area contributed by atoms with Crippen LogP contribution in [0.25, 0.3) is 0 Å². The molecule has 2 unspecified atom stereocenters. The summed E-state index contributed by atoms with van der Waals surface area (Å²) in [5.41, 5.74) is 0. The Morgan fingerprint density at radius 3 is 2.35 bits per heavy atom. The Bertz CT molecular complexity index is 205. The fourth-order valence-electron chi connectivity index (χ4n) is 3.75. The van der Waals surface area contributed by atoms with Crippen molar-refractivity contribution in [1.29, 1.82) is 0 Å². The Balaban J connectivity index is 1.87. The van der Waals surface area contributed by atoms with Gasteiger partial charge >= 0.3 is 0 Å². The molecule has 2 heteroatoms. The molecule has 1 nitrogen and oxygen atoms in total. The van der Waals surface area contributed by atoms with Crippen LogP contribution >= 0.6 is 11.8 Å². The predicted molar refractivity (Wildman–Crippen MR) is 78.6 cm³/mol. The molecule has 17 heavy (non-hydrogen) atoms. The van der Waals surface area contributed by atoms with E-state index in [0.717, 1.165) is 30.3 Å². The summed E-state index contributed by atoms with van der Waals surface area (Å²) in [5.74, 6) is 5.78. The molecule has 0 aromatic heterocycles. The summed E-state index contributed by atoms with van der Waals surface area (Å²) < 4.78 is 0. The minimum Gasteiger partial charge on any atom is -0.314 e. The fourth-order valence-corrected chi connectivity index (χ4v) is 5.06. The third-order valence-corrected chi connectivity index (χ3v) is 6.08. The van der Waals surface area contributed by atoms with Crippen LogP contribution in [0.3, 0.4) is 0 Å². The minimum atomic E-state index is 0.827. The molecule has 0 aromatic carbocycles. The second kappa shape index (κ2) is 7.04. The van der Waals surface area contributed by atoms with Crippen LogP contribution in [0.2, 0.25) is 0 Å². The van der Waals surface area contributed by atoms with Crippen LogP contribution in [0, 0.1) is 17.8 Å². The van der Waals surface area contributed by atoms with E-state index < -0.39 is 0 Å². The van der Waals surface area contributed by atoms with Crippen LogP contribution in [0.5, 0.6) is 0 Å². The van der Waals surface area contributed by atoms with Crippen molar-refractivity contribution in [3.8, 4) is 0 Å². The highest BCUT2D eigenvalue weighted by Gasteiger charge is 2.33. The minimum absolute atomic E-state index is 0.827. The van der Waals surface area contributed by atoms with Crippen molar-refractivity contribution in [2.24, 2.45) is 17.8 Å². The average Bonchev–Trinajstić information content (AvgIpc) is 2.90. The standard InChI is InChI=1S/C15H29NS/c1-3-12-5-7-13(8-6-12)15(16-4-2)14-9-10-17-11-14/h12-16H,3-11H2,1-2H3. The molecule has 0 amide bonds. The van der Waals surface area contributed by atoms with Crippen molar-refractivity contribution in [3.63, 3.8) is 0 Å². The monoisotopic (exact) mass is 255 g/mol. The molecule has 0 spiro atoms. The van der Waals surface area contributed by atoms with Crippen LogP contribution in [0.1, 0.15) is 52.4 Å². The predicted octanol–water partition coefficient (Wildman–Crippen LogP) is 3.93. The summed E-state index contributed by atoms with van der Waals surface area (Å²) in [5, 5.41) is 3.81. The fraction of sp³-hybridized carbons (Fsp3) is 1.00. The third-order valence-electron chi connectivity index (χ3n) is 4.89. The van der Waals surface area contributed by atoms with E-state index in [4.69, 9.17) is 0 Å². The zero-order valence-electron chi connectivity index (χ0n) is 11.6. The molecule has 1 aliphatic heterocycles. The van der Waals surface area contributed by atoms with Crippen molar-refractivity contribution < 1.29 is 0 Å². The highest BCUT2D eigenvalue weighted by molar-refractivity contribution is 7.99. The summed E-state index contributed by atoms with van der Waals surface area (Å²) in [6.07, 6.45) is 8.80. The second-order valence-electron chi connectivity index (χ2n) is 5.90. The quantitative estimate of drug-likeness (QED) is 0.799. The molecule has 2 aliphatic rings. The molecule has 2 fully saturated rings. The first-order valence-corrected chi connectivity index (χ1v) is 8.81. The van der Waals surface area contributed by atoms with E-state index in [9.17, 15) is 0 Å². The number of rotatable bonds is 5. The van der Waals surface area contributed by atoms with Gasteiger partial charge in [-0.05, 0) is 55.1 Å². The Morgan fingerprint density at radius 1 is 1.06 bits per heavy atom. The van der Waals surface area contributed by atoms with Crippen molar-refractivity contribution in [1.82, 2.24) is 5.32 Å². The number of nitrogens with one attached hydrogen (secondary N) is 1. The van der Waals surface area contributed by atoms with Crippen LogP contribution < -0.4 is 5.32 Å². The zero-order chi connectivity index (χ0) is 12.1. The van der Waals surface area contributed by atoms with Gasteiger partial charge in [-0.15, -0.1) is 0 Å². The number of hydrogen-bond acceptors (Lipinski definition) is 2. The maximum Gasteiger partial charge on any atom is 0.0132 e. The summed E-state index contributed by atoms with van der Waals surface area (Å²) in [6.45, 7) is 5.78. The van der Waals surface area contributed by atoms with E-state index in [0.29, 0.717) is 0 Å². The number of hydrogen-bond donors (Lipinski definition) is 1. The van der Waals surface area contributed by atoms with Crippen molar-refractivity contribution in [3.05, 3.63) is 0 Å². The summed E-state index contributed by atoms with van der Waals surface area (Å²) in [4.78, 5) is 0. The lowest BCUT2D eigenvalue weighted by Gasteiger charge is -2.37. The van der Waals surface area contributed by atoms with Crippen LogP contribution in [-0.4, -0.2) is 24.1 Å². The molecular formula is C15H29NS. The lowest BCUT2D eigenvalue weighted by atomic mass is 9.74. The average molecular weight is 255 g/mol. The topological polar surface area (TPSA) is 12.0 Å². The van der Waals surface area contributed by atoms with E-state index >= 15 is 0 Å². The van der Waals surface area contributed by atoms with Crippen molar-refractivity contribution in [2.45, 2.75) is 58.4 Å². The maximum atomic E-state index is 3.81. The molecule has 2 atom stereocenters. The van der Waals surface area contributed by atoms with Gasteiger partial charge in [0.1, 0.15) is 0 Å². The molecule has 1 saturated heterocycles. The molecule has 0 aromatic rings. The van der Waals surface area contributed by atoms with Gasteiger partial charge in [-0.1, -0.05) is 33.1 Å². The second-order valence-corrected chi connectivity index (χ2v) is 7.05. The SMILES string of the molecule is CCNC(C1CCC(CC)CC1)C1CCSC1. The molecule has 1 saturated carbocycles. The largest absolute Gasteiger partial charge is 0.314 e. The summed E-state index contributed by atoms with van der Waals surface area (Å²) in [6, 6.07) is 0.827. The van der Waals surface area contributed by atoms with Crippen LogP contribution in [-0.2, 0) is 0 Å². The smallest absolute Gasteiger partial charge is 0.0132 e. The molecular weight excluding hydrogens is 226 g/mol. The van der Waals surface area contributed by atoms with Gasteiger partial charge in [0.15, 0.2) is 0 Å². The molecule has 1 aliphatic carbocycles. The molecule has 0 bridgehead atoms. The highest BCUT2D eigenvalue weighted by Crippen LogP contribution is 2.37. The van der Waals surface area contributed by atoms with Gasteiger partial charge < -0.3 is 5.32 Å². The molecule has 1 N–H and O–H groups in total. The van der Waals surface area contributed by atoms with Crippen molar-refractivity contribution >= 4 is 11.8 Å². The van der Waals surface area contributed by atoms with Crippen LogP contribution in [0.15, 0.2) is 0 Å².